The fourth-order valence-corrected chi connectivity index (χ4v) is 2.79. The lowest BCUT2D eigenvalue weighted by atomic mass is 10.0. The standard InChI is InChI=1S/C18H21N3O/c1-21(2)12-18(22)19-15-10-9-14-8-7-13-5-3-4-6-16(13)20-17(14)11-15/h3-6,9-11,20H,7-8,12H2,1-2H3,(H,19,22)/p+1. The predicted molar refractivity (Wildman–Crippen MR) is 89.9 cm³/mol. The van der Waals surface area contributed by atoms with Crippen molar-refractivity contribution in [2.24, 2.45) is 0 Å². The second kappa shape index (κ2) is 6.20. The minimum atomic E-state index is 0.0361. The van der Waals surface area contributed by atoms with Gasteiger partial charge in [0.05, 0.1) is 14.1 Å². The normalized spacial score (nSPS) is 12.9. The smallest absolute Gasteiger partial charge is 0.279 e. The molecule has 0 saturated heterocycles. The van der Waals surface area contributed by atoms with Gasteiger partial charge in [0.1, 0.15) is 0 Å². The SMILES string of the molecule is C[NH+](C)CC(=O)Nc1ccc2c(c1)Nc1ccccc1CC2. The van der Waals surface area contributed by atoms with Crippen LogP contribution in [0.4, 0.5) is 17.1 Å². The summed E-state index contributed by atoms with van der Waals surface area (Å²) in [6.07, 6.45) is 2.04. The lowest BCUT2D eigenvalue weighted by molar-refractivity contribution is -0.849. The molecule has 0 aliphatic carbocycles. The summed E-state index contributed by atoms with van der Waals surface area (Å²) in [6.45, 7) is 0.466. The number of benzene rings is 2. The maximum absolute atomic E-state index is 11.9. The Bertz CT molecular complexity index is 694. The first kappa shape index (κ1) is 14.6. The van der Waals surface area contributed by atoms with Crippen LogP contribution in [0, 0.1) is 0 Å². The van der Waals surface area contributed by atoms with Crippen LogP contribution in [0.25, 0.3) is 0 Å². The van der Waals surface area contributed by atoms with Crippen molar-refractivity contribution in [1.82, 2.24) is 0 Å². The van der Waals surface area contributed by atoms with Crippen LogP contribution in [0.2, 0.25) is 0 Å². The molecule has 3 rings (SSSR count). The third kappa shape index (κ3) is 3.28. The van der Waals surface area contributed by atoms with Gasteiger partial charge in [-0.2, -0.15) is 0 Å². The van der Waals surface area contributed by atoms with Gasteiger partial charge in [0, 0.05) is 17.1 Å². The molecule has 2 aromatic rings. The minimum absolute atomic E-state index is 0.0361. The van der Waals surface area contributed by atoms with E-state index in [-0.39, 0.29) is 5.91 Å². The van der Waals surface area contributed by atoms with E-state index >= 15 is 0 Å². The van der Waals surface area contributed by atoms with Gasteiger partial charge in [0.2, 0.25) is 0 Å². The highest BCUT2D eigenvalue weighted by molar-refractivity contribution is 5.92. The highest BCUT2D eigenvalue weighted by Crippen LogP contribution is 2.31. The van der Waals surface area contributed by atoms with Gasteiger partial charge in [0.15, 0.2) is 6.54 Å². The molecule has 1 heterocycles. The Labute approximate surface area is 131 Å². The first-order chi connectivity index (χ1) is 10.6. The molecule has 114 valence electrons. The number of rotatable bonds is 3. The second-order valence-corrected chi connectivity index (χ2v) is 6.09. The van der Waals surface area contributed by atoms with Crippen molar-refractivity contribution in [3.8, 4) is 0 Å². The third-order valence-electron chi connectivity index (χ3n) is 3.86. The summed E-state index contributed by atoms with van der Waals surface area (Å²) in [7, 11) is 3.93. The number of carbonyl (C=O) groups excluding carboxylic acids is 1. The summed E-state index contributed by atoms with van der Waals surface area (Å²) >= 11 is 0. The number of para-hydroxylation sites is 1. The average Bonchev–Trinajstić information content (AvgIpc) is 2.64. The van der Waals surface area contributed by atoms with Crippen molar-refractivity contribution in [2.75, 3.05) is 31.3 Å². The van der Waals surface area contributed by atoms with Crippen LogP contribution in [-0.4, -0.2) is 26.5 Å². The van der Waals surface area contributed by atoms with Crippen LogP contribution in [0.3, 0.4) is 0 Å². The van der Waals surface area contributed by atoms with Gasteiger partial charge in [0.25, 0.3) is 5.91 Å². The summed E-state index contributed by atoms with van der Waals surface area (Å²) in [5, 5.41) is 6.47. The summed E-state index contributed by atoms with van der Waals surface area (Å²) < 4.78 is 0. The third-order valence-corrected chi connectivity index (χ3v) is 3.86. The molecular formula is C18H22N3O+. The van der Waals surface area contributed by atoms with E-state index in [9.17, 15) is 4.79 Å². The molecule has 4 heteroatoms. The summed E-state index contributed by atoms with van der Waals surface area (Å²) in [6, 6.07) is 14.5. The largest absolute Gasteiger partial charge is 0.355 e. The van der Waals surface area contributed by atoms with Gasteiger partial charge in [-0.25, -0.2) is 0 Å². The first-order valence-corrected chi connectivity index (χ1v) is 7.68. The van der Waals surface area contributed by atoms with Crippen LogP contribution in [0.5, 0.6) is 0 Å². The zero-order valence-electron chi connectivity index (χ0n) is 13.1. The van der Waals surface area contributed by atoms with Gasteiger partial charge < -0.3 is 15.5 Å². The van der Waals surface area contributed by atoms with E-state index in [2.05, 4.69) is 34.9 Å². The Hall–Kier alpha value is -2.33. The second-order valence-electron chi connectivity index (χ2n) is 6.09. The minimum Gasteiger partial charge on any atom is -0.355 e. The predicted octanol–water partition coefficient (Wildman–Crippen LogP) is 1.61. The zero-order valence-corrected chi connectivity index (χ0v) is 13.1. The molecule has 3 N–H and O–H groups in total. The van der Waals surface area contributed by atoms with Crippen molar-refractivity contribution < 1.29 is 9.69 Å². The molecule has 0 radical (unpaired) electrons. The fraction of sp³-hybridized carbons (Fsp3) is 0.278. The Morgan fingerprint density at radius 2 is 1.82 bits per heavy atom. The number of carbonyl (C=O) groups is 1. The van der Waals surface area contributed by atoms with Crippen LogP contribution in [-0.2, 0) is 17.6 Å². The van der Waals surface area contributed by atoms with Crippen LogP contribution in [0.1, 0.15) is 11.1 Å². The number of nitrogens with one attached hydrogen (secondary N) is 3. The molecule has 0 fully saturated rings. The summed E-state index contributed by atoms with van der Waals surface area (Å²) in [4.78, 5) is 13.0. The maximum atomic E-state index is 11.9. The van der Waals surface area contributed by atoms with Crippen LogP contribution >= 0.6 is 0 Å². The lowest BCUT2D eigenvalue weighted by Crippen LogP contribution is -3.06. The number of fused-ring (bicyclic) bond motifs is 2. The van der Waals surface area contributed by atoms with Crippen molar-refractivity contribution >= 4 is 23.0 Å². The van der Waals surface area contributed by atoms with Crippen molar-refractivity contribution in [3.63, 3.8) is 0 Å². The van der Waals surface area contributed by atoms with E-state index in [1.807, 2.05) is 32.3 Å². The number of aryl methyl sites for hydroxylation is 2. The monoisotopic (exact) mass is 296 g/mol. The Kier molecular flexibility index (Phi) is 4.11. The van der Waals surface area contributed by atoms with Crippen molar-refractivity contribution in [2.45, 2.75) is 12.8 Å². The molecule has 2 aromatic carbocycles. The number of hydrogen-bond donors (Lipinski definition) is 3. The zero-order chi connectivity index (χ0) is 15.5. The average molecular weight is 296 g/mol. The van der Waals surface area contributed by atoms with Gasteiger partial charge in [-0.3, -0.25) is 4.79 Å². The molecule has 0 spiro atoms. The molecule has 0 atom stereocenters. The Morgan fingerprint density at radius 1 is 1.09 bits per heavy atom. The van der Waals surface area contributed by atoms with Gasteiger partial charge in [-0.05, 0) is 42.2 Å². The number of amides is 1. The van der Waals surface area contributed by atoms with E-state index in [0.717, 1.165) is 34.8 Å². The van der Waals surface area contributed by atoms with Crippen molar-refractivity contribution in [3.05, 3.63) is 53.6 Å². The van der Waals surface area contributed by atoms with E-state index in [4.69, 9.17) is 0 Å². The molecule has 0 bridgehead atoms. The molecule has 4 nitrogen and oxygen atoms in total. The Balaban J connectivity index is 1.82. The topological polar surface area (TPSA) is 45.6 Å². The van der Waals surface area contributed by atoms with Gasteiger partial charge in [-0.15, -0.1) is 0 Å². The first-order valence-electron chi connectivity index (χ1n) is 7.68. The summed E-state index contributed by atoms with van der Waals surface area (Å²) in [5.41, 5.74) is 5.70. The van der Waals surface area contributed by atoms with Gasteiger partial charge >= 0.3 is 0 Å². The number of likely N-dealkylation sites (N-methyl/N-ethyl adjacent to an activating group) is 1. The van der Waals surface area contributed by atoms with Crippen LogP contribution in [0.15, 0.2) is 42.5 Å². The van der Waals surface area contributed by atoms with E-state index < -0.39 is 0 Å². The number of anilines is 3. The van der Waals surface area contributed by atoms with E-state index in [1.54, 1.807) is 0 Å². The Morgan fingerprint density at radius 3 is 2.59 bits per heavy atom. The quantitative estimate of drug-likeness (QED) is 0.806. The molecule has 1 aliphatic rings. The lowest BCUT2D eigenvalue weighted by Gasteiger charge is -2.13. The number of hydrogen-bond acceptors (Lipinski definition) is 2. The molecule has 0 aromatic heterocycles. The van der Waals surface area contributed by atoms with Gasteiger partial charge in [-0.1, -0.05) is 24.3 Å². The summed E-state index contributed by atoms with van der Waals surface area (Å²) in [5.74, 6) is 0.0361. The van der Waals surface area contributed by atoms with Crippen molar-refractivity contribution in [1.29, 1.82) is 0 Å². The number of quaternary nitrogens is 1. The molecule has 1 amide bonds. The van der Waals surface area contributed by atoms with E-state index in [1.165, 1.54) is 11.1 Å². The van der Waals surface area contributed by atoms with E-state index in [0.29, 0.717) is 6.54 Å². The van der Waals surface area contributed by atoms with Crippen LogP contribution < -0.4 is 15.5 Å². The molecular weight excluding hydrogens is 274 g/mol. The molecule has 0 saturated carbocycles. The highest BCUT2D eigenvalue weighted by Gasteiger charge is 2.13. The molecule has 22 heavy (non-hydrogen) atoms. The molecule has 0 unspecified atom stereocenters. The molecule has 1 aliphatic heterocycles. The highest BCUT2D eigenvalue weighted by atomic mass is 16.2. The maximum Gasteiger partial charge on any atom is 0.279 e. The fourth-order valence-electron chi connectivity index (χ4n) is 2.79.